The van der Waals surface area contributed by atoms with Gasteiger partial charge < -0.3 is 5.32 Å². The molecule has 29 heavy (non-hydrogen) atoms. The van der Waals surface area contributed by atoms with Gasteiger partial charge in [0, 0.05) is 18.7 Å². The van der Waals surface area contributed by atoms with E-state index >= 15 is 0 Å². The van der Waals surface area contributed by atoms with E-state index in [1.54, 1.807) is 30.3 Å². The summed E-state index contributed by atoms with van der Waals surface area (Å²) in [6.45, 7) is 2.87. The lowest BCUT2D eigenvalue weighted by molar-refractivity contribution is 0.0953. The topological polar surface area (TPSA) is 75.3 Å². The van der Waals surface area contributed by atoms with Crippen molar-refractivity contribution in [1.29, 1.82) is 0 Å². The molecule has 1 amide bonds. The lowest BCUT2D eigenvalue weighted by Gasteiger charge is -2.09. The molecule has 3 aromatic rings. The van der Waals surface area contributed by atoms with Gasteiger partial charge in [-0.1, -0.05) is 61.5 Å². The van der Waals surface area contributed by atoms with Crippen LogP contribution in [0.4, 0.5) is 0 Å². The fraction of sp³-hybridized carbons (Fsp3) is 0.174. The monoisotopic (exact) mass is 408 g/mol. The summed E-state index contributed by atoms with van der Waals surface area (Å²) in [5, 5.41) is 2.86. The molecule has 0 bridgehead atoms. The van der Waals surface area contributed by atoms with E-state index in [1.807, 2.05) is 55.5 Å². The summed E-state index contributed by atoms with van der Waals surface area (Å²) in [6, 6.07) is 23.3. The quantitative estimate of drug-likeness (QED) is 0.592. The second-order valence-corrected chi connectivity index (χ2v) is 8.44. The zero-order valence-electron chi connectivity index (χ0n) is 16.3. The molecule has 0 fully saturated rings. The Morgan fingerprint density at radius 2 is 1.59 bits per heavy atom. The Labute approximate surface area is 171 Å². The fourth-order valence-electron chi connectivity index (χ4n) is 2.86. The van der Waals surface area contributed by atoms with Crippen LogP contribution in [0.3, 0.4) is 0 Å². The van der Waals surface area contributed by atoms with Crippen LogP contribution < -0.4 is 10.0 Å². The minimum absolute atomic E-state index is 0.113. The van der Waals surface area contributed by atoms with Crippen LogP contribution in [0.2, 0.25) is 0 Å². The molecule has 6 heteroatoms. The van der Waals surface area contributed by atoms with Crippen molar-refractivity contribution in [2.75, 3.05) is 6.54 Å². The molecule has 0 spiro atoms. The Bertz CT molecular complexity index is 1060. The smallest absolute Gasteiger partial charge is 0.251 e. The van der Waals surface area contributed by atoms with Crippen LogP contribution in [0.25, 0.3) is 11.1 Å². The first-order valence-corrected chi connectivity index (χ1v) is 11.0. The van der Waals surface area contributed by atoms with E-state index in [0.29, 0.717) is 12.1 Å². The van der Waals surface area contributed by atoms with Crippen molar-refractivity contribution >= 4 is 15.9 Å². The summed E-state index contributed by atoms with van der Waals surface area (Å²) in [7, 11) is -3.60. The third kappa shape index (κ3) is 5.53. The van der Waals surface area contributed by atoms with Crippen molar-refractivity contribution in [3.63, 3.8) is 0 Å². The first-order chi connectivity index (χ1) is 14.0. The molecule has 0 unspecified atom stereocenters. The van der Waals surface area contributed by atoms with Crippen molar-refractivity contribution in [3.05, 3.63) is 90.0 Å². The standard InChI is InChI=1S/C23H24N2O3S/c1-2-15-24-23(26)21-10-6-9-20(16-21)19-11-13-22(14-12-19)29(27,28)25-17-18-7-4-3-5-8-18/h3-14,16,25H,2,15,17H2,1H3,(H,24,26). The number of sulfonamides is 1. The van der Waals surface area contributed by atoms with Crippen molar-refractivity contribution in [3.8, 4) is 11.1 Å². The predicted octanol–water partition coefficient (Wildman–Crippen LogP) is 3.97. The zero-order valence-corrected chi connectivity index (χ0v) is 17.1. The van der Waals surface area contributed by atoms with Gasteiger partial charge in [-0.2, -0.15) is 0 Å². The van der Waals surface area contributed by atoms with Crippen LogP contribution in [0.5, 0.6) is 0 Å². The highest BCUT2D eigenvalue weighted by molar-refractivity contribution is 7.89. The van der Waals surface area contributed by atoms with Gasteiger partial charge in [0.05, 0.1) is 4.90 Å². The molecule has 150 valence electrons. The average molecular weight is 409 g/mol. The fourth-order valence-corrected chi connectivity index (χ4v) is 3.88. The Kier molecular flexibility index (Phi) is 6.80. The first-order valence-electron chi connectivity index (χ1n) is 9.52. The van der Waals surface area contributed by atoms with E-state index in [1.165, 1.54) is 0 Å². The van der Waals surface area contributed by atoms with Gasteiger partial charge in [0.25, 0.3) is 5.91 Å². The molecular formula is C23H24N2O3S. The summed E-state index contributed by atoms with van der Waals surface area (Å²) in [5.41, 5.74) is 3.18. The average Bonchev–Trinajstić information content (AvgIpc) is 2.77. The van der Waals surface area contributed by atoms with E-state index < -0.39 is 10.0 Å². The highest BCUT2D eigenvalue weighted by Gasteiger charge is 2.14. The normalized spacial score (nSPS) is 11.2. The van der Waals surface area contributed by atoms with Crippen molar-refractivity contribution in [1.82, 2.24) is 10.0 Å². The summed E-state index contributed by atoms with van der Waals surface area (Å²) < 4.78 is 27.7. The summed E-state index contributed by atoms with van der Waals surface area (Å²) in [4.78, 5) is 12.4. The van der Waals surface area contributed by atoms with Gasteiger partial charge in [0.1, 0.15) is 0 Å². The Hall–Kier alpha value is -2.96. The molecule has 0 heterocycles. The molecule has 0 radical (unpaired) electrons. The number of amides is 1. The molecule has 0 aromatic heterocycles. The molecule has 0 saturated heterocycles. The summed E-state index contributed by atoms with van der Waals surface area (Å²) in [5.74, 6) is -0.113. The molecule has 0 aliphatic carbocycles. The summed E-state index contributed by atoms with van der Waals surface area (Å²) in [6.07, 6.45) is 0.875. The third-order valence-electron chi connectivity index (χ3n) is 4.47. The van der Waals surface area contributed by atoms with Gasteiger partial charge in [-0.25, -0.2) is 13.1 Å². The van der Waals surface area contributed by atoms with Crippen molar-refractivity contribution < 1.29 is 13.2 Å². The lowest BCUT2D eigenvalue weighted by atomic mass is 10.0. The van der Waals surface area contributed by atoms with Gasteiger partial charge >= 0.3 is 0 Å². The highest BCUT2D eigenvalue weighted by atomic mass is 32.2. The maximum absolute atomic E-state index is 12.5. The van der Waals surface area contributed by atoms with E-state index in [0.717, 1.165) is 23.1 Å². The van der Waals surface area contributed by atoms with Crippen LogP contribution in [0.1, 0.15) is 29.3 Å². The molecule has 0 aliphatic rings. The number of rotatable bonds is 8. The van der Waals surface area contributed by atoms with Crippen molar-refractivity contribution in [2.24, 2.45) is 0 Å². The van der Waals surface area contributed by atoms with E-state index in [-0.39, 0.29) is 17.3 Å². The van der Waals surface area contributed by atoms with Crippen LogP contribution in [0.15, 0.2) is 83.8 Å². The second-order valence-electron chi connectivity index (χ2n) is 6.67. The molecule has 3 aromatic carbocycles. The second kappa shape index (κ2) is 9.49. The summed E-state index contributed by atoms with van der Waals surface area (Å²) >= 11 is 0. The maximum atomic E-state index is 12.5. The number of carbonyl (C=O) groups excluding carboxylic acids is 1. The largest absolute Gasteiger partial charge is 0.352 e. The first kappa shape index (κ1) is 20.8. The molecule has 3 rings (SSSR count). The number of hydrogen-bond acceptors (Lipinski definition) is 3. The zero-order chi connectivity index (χ0) is 20.7. The number of hydrogen-bond donors (Lipinski definition) is 2. The third-order valence-corrected chi connectivity index (χ3v) is 5.88. The van der Waals surface area contributed by atoms with E-state index in [4.69, 9.17) is 0 Å². The van der Waals surface area contributed by atoms with Crippen LogP contribution in [0, 0.1) is 0 Å². The van der Waals surface area contributed by atoms with Gasteiger partial charge in [-0.15, -0.1) is 0 Å². The number of benzene rings is 3. The molecule has 0 saturated carbocycles. The van der Waals surface area contributed by atoms with E-state index in [2.05, 4.69) is 10.0 Å². The molecule has 5 nitrogen and oxygen atoms in total. The van der Waals surface area contributed by atoms with Gasteiger partial charge in [-0.3, -0.25) is 4.79 Å². The Morgan fingerprint density at radius 3 is 2.28 bits per heavy atom. The van der Waals surface area contributed by atoms with E-state index in [9.17, 15) is 13.2 Å². The van der Waals surface area contributed by atoms with Gasteiger partial charge in [-0.05, 0) is 47.4 Å². The Morgan fingerprint density at radius 1 is 0.862 bits per heavy atom. The molecule has 2 N–H and O–H groups in total. The minimum Gasteiger partial charge on any atom is -0.352 e. The number of nitrogens with one attached hydrogen (secondary N) is 2. The van der Waals surface area contributed by atoms with Gasteiger partial charge in [0.15, 0.2) is 0 Å². The maximum Gasteiger partial charge on any atom is 0.251 e. The minimum atomic E-state index is -3.60. The highest BCUT2D eigenvalue weighted by Crippen LogP contribution is 2.22. The van der Waals surface area contributed by atoms with Crippen LogP contribution >= 0.6 is 0 Å². The number of carbonyl (C=O) groups is 1. The van der Waals surface area contributed by atoms with Crippen LogP contribution in [-0.4, -0.2) is 20.9 Å². The van der Waals surface area contributed by atoms with Crippen molar-refractivity contribution in [2.45, 2.75) is 24.8 Å². The van der Waals surface area contributed by atoms with Gasteiger partial charge in [0.2, 0.25) is 10.0 Å². The molecule has 0 atom stereocenters. The van der Waals surface area contributed by atoms with Crippen LogP contribution in [-0.2, 0) is 16.6 Å². The lowest BCUT2D eigenvalue weighted by Crippen LogP contribution is -2.23. The SMILES string of the molecule is CCCNC(=O)c1cccc(-c2ccc(S(=O)(=O)NCc3ccccc3)cc2)c1. The molecular weight excluding hydrogens is 384 g/mol. The molecule has 0 aliphatic heterocycles. The Balaban J connectivity index is 1.73. The predicted molar refractivity (Wildman–Crippen MR) is 115 cm³/mol.